The monoisotopic (exact) mass is 469 g/mol. The molecule has 2 aromatic carbocycles. The van der Waals surface area contributed by atoms with Crippen LogP contribution in [0.15, 0.2) is 42.5 Å². The number of hydrogen-bond donors (Lipinski definition) is 1. The number of amides is 1. The van der Waals surface area contributed by atoms with E-state index in [2.05, 4.69) is 5.32 Å². The number of benzene rings is 2. The normalized spacial score (nSPS) is 11.1. The van der Waals surface area contributed by atoms with Crippen LogP contribution in [0.5, 0.6) is 5.75 Å². The summed E-state index contributed by atoms with van der Waals surface area (Å²) in [6.45, 7) is 2.45. The topological polar surface area (TPSA) is 119 Å². The van der Waals surface area contributed by atoms with Gasteiger partial charge in [-0.15, -0.1) is 0 Å². The molecule has 0 saturated carbocycles. The van der Waals surface area contributed by atoms with Crippen molar-refractivity contribution in [1.29, 1.82) is 0 Å². The zero-order chi connectivity index (χ0) is 23.0. The van der Waals surface area contributed by atoms with E-state index in [0.717, 1.165) is 16.1 Å². The Morgan fingerprint density at radius 2 is 2.00 bits per heavy atom. The number of ether oxygens (including phenoxy) is 1. The predicted molar refractivity (Wildman–Crippen MR) is 119 cm³/mol. The van der Waals surface area contributed by atoms with Crippen LogP contribution >= 0.6 is 11.6 Å². The quantitative estimate of drug-likeness (QED) is 0.306. The largest absolute Gasteiger partial charge is 0.492 e. The fraction of sp³-hybridized carbons (Fsp3) is 0.350. The Balaban J connectivity index is 1.81. The van der Waals surface area contributed by atoms with Crippen LogP contribution in [-0.2, 0) is 14.8 Å². The van der Waals surface area contributed by atoms with Gasteiger partial charge in [-0.25, -0.2) is 8.42 Å². The standard InChI is InChI=1S/C20H24ClN3O6S/c1-15-8-9-18(14-19(15)21)30-12-10-22-20(25)7-4-11-23(31(2,28)29)16-5-3-6-17(13-16)24(26)27/h3,5-6,8-9,13-14H,4,7,10-12H2,1-2H3,(H,22,25). The Morgan fingerprint density at radius 3 is 2.65 bits per heavy atom. The molecule has 0 fully saturated rings. The third-order valence-electron chi connectivity index (χ3n) is 4.33. The molecule has 0 saturated heterocycles. The molecule has 0 aliphatic heterocycles. The number of nitrogens with zero attached hydrogens (tertiary/aromatic N) is 2. The van der Waals surface area contributed by atoms with Crippen LogP contribution in [0.3, 0.4) is 0 Å². The first-order chi connectivity index (χ1) is 14.6. The van der Waals surface area contributed by atoms with Gasteiger partial charge in [0.15, 0.2) is 0 Å². The third-order valence-corrected chi connectivity index (χ3v) is 5.93. The molecule has 0 aromatic heterocycles. The van der Waals surface area contributed by atoms with Crippen LogP contribution in [-0.4, -0.2) is 45.2 Å². The van der Waals surface area contributed by atoms with E-state index in [0.29, 0.717) is 10.8 Å². The third kappa shape index (κ3) is 7.72. The molecule has 2 rings (SSSR count). The SMILES string of the molecule is Cc1ccc(OCCNC(=O)CCCN(c2cccc([N+](=O)[O-])c2)S(C)(=O)=O)cc1Cl. The maximum Gasteiger partial charge on any atom is 0.271 e. The first kappa shape index (κ1) is 24.4. The van der Waals surface area contributed by atoms with Crippen molar-refractivity contribution in [2.75, 3.05) is 30.3 Å². The van der Waals surface area contributed by atoms with E-state index in [1.165, 1.54) is 24.3 Å². The Morgan fingerprint density at radius 1 is 1.26 bits per heavy atom. The molecule has 0 aliphatic rings. The highest BCUT2D eigenvalue weighted by Gasteiger charge is 2.19. The van der Waals surface area contributed by atoms with Gasteiger partial charge in [0, 0.05) is 30.1 Å². The summed E-state index contributed by atoms with van der Waals surface area (Å²) >= 11 is 6.03. The molecular formula is C20H24ClN3O6S. The number of carbonyl (C=O) groups excluding carboxylic acids is 1. The first-order valence-electron chi connectivity index (χ1n) is 9.46. The second kappa shape index (κ2) is 11.0. The van der Waals surface area contributed by atoms with E-state index in [1.807, 2.05) is 13.0 Å². The van der Waals surface area contributed by atoms with Gasteiger partial charge in [0.2, 0.25) is 15.9 Å². The number of rotatable bonds is 11. The number of anilines is 1. The maximum absolute atomic E-state index is 12.1. The van der Waals surface area contributed by atoms with Crippen molar-refractivity contribution in [3.8, 4) is 5.75 Å². The lowest BCUT2D eigenvalue weighted by Gasteiger charge is -2.22. The number of carbonyl (C=O) groups is 1. The lowest BCUT2D eigenvalue weighted by molar-refractivity contribution is -0.384. The minimum atomic E-state index is -3.67. The molecule has 0 radical (unpaired) electrons. The van der Waals surface area contributed by atoms with Crippen LogP contribution < -0.4 is 14.4 Å². The average Bonchev–Trinajstić information content (AvgIpc) is 2.70. The lowest BCUT2D eigenvalue weighted by Crippen LogP contribution is -2.33. The smallest absolute Gasteiger partial charge is 0.271 e. The molecule has 0 heterocycles. The van der Waals surface area contributed by atoms with Gasteiger partial charge in [-0.05, 0) is 37.1 Å². The van der Waals surface area contributed by atoms with Gasteiger partial charge in [0.1, 0.15) is 12.4 Å². The summed E-state index contributed by atoms with van der Waals surface area (Å²) in [5.74, 6) is 0.351. The molecule has 0 spiro atoms. The van der Waals surface area contributed by atoms with Crippen LogP contribution in [0.2, 0.25) is 5.02 Å². The van der Waals surface area contributed by atoms with Gasteiger partial charge in [0.05, 0.1) is 23.4 Å². The second-order valence-electron chi connectivity index (χ2n) is 6.83. The van der Waals surface area contributed by atoms with Gasteiger partial charge < -0.3 is 10.1 Å². The molecule has 1 N–H and O–H groups in total. The number of aryl methyl sites for hydroxylation is 1. The van der Waals surface area contributed by atoms with Gasteiger partial charge in [-0.3, -0.25) is 19.2 Å². The number of hydrogen-bond acceptors (Lipinski definition) is 6. The molecule has 168 valence electrons. The van der Waals surface area contributed by atoms with Gasteiger partial charge in [-0.2, -0.15) is 0 Å². The van der Waals surface area contributed by atoms with E-state index in [9.17, 15) is 23.3 Å². The first-order valence-corrected chi connectivity index (χ1v) is 11.7. The molecule has 11 heteroatoms. The summed E-state index contributed by atoms with van der Waals surface area (Å²) in [7, 11) is -3.67. The highest BCUT2D eigenvalue weighted by molar-refractivity contribution is 7.92. The number of halogens is 1. The molecule has 0 bridgehead atoms. The fourth-order valence-corrected chi connectivity index (χ4v) is 3.87. The fourth-order valence-electron chi connectivity index (χ4n) is 2.74. The Labute approximate surface area is 186 Å². The van der Waals surface area contributed by atoms with Crippen molar-refractivity contribution < 1.29 is 22.9 Å². The Hall–Kier alpha value is -2.85. The highest BCUT2D eigenvalue weighted by Crippen LogP contribution is 2.24. The molecule has 0 aliphatic carbocycles. The van der Waals surface area contributed by atoms with Crippen molar-refractivity contribution in [2.45, 2.75) is 19.8 Å². The molecule has 0 unspecified atom stereocenters. The molecule has 31 heavy (non-hydrogen) atoms. The number of nitrogens with one attached hydrogen (secondary N) is 1. The minimum absolute atomic E-state index is 0.0196. The molecule has 1 amide bonds. The lowest BCUT2D eigenvalue weighted by atomic mass is 10.2. The van der Waals surface area contributed by atoms with Crippen molar-refractivity contribution in [3.63, 3.8) is 0 Å². The molecular weight excluding hydrogens is 446 g/mol. The van der Waals surface area contributed by atoms with Gasteiger partial charge >= 0.3 is 0 Å². The van der Waals surface area contributed by atoms with Crippen LogP contribution in [0.25, 0.3) is 0 Å². The van der Waals surface area contributed by atoms with Gasteiger partial charge in [-0.1, -0.05) is 23.7 Å². The van der Waals surface area contributed by atoms with Crippen LogP contribution in [0.1, 0.15) is 18.4 Å². The molecule has 2 aromatic rings. The average molecular weight is 470 g/mol. The van der Waals surface area contributed by atoms with Crippen molar-refractivity contribution in [2.24, 2.45) is 0 Å². The highest BCUT2D eigenvalue weighted by atomic mass is 35.5. The predicted octanol–water partition coefficient (Wildman–Crippen LogP) is 3.30. The van der Waals surface area contributed by atoms with E-state index >= 15 is 0 Å². The second-order valence-corrected chi connectivity index (χ2v) is 9.14. The van der Waals surface area contributed by atoms with Crippen LogP contribution in [0.4, 0.5) is 11.4 Å². The number of nitro benzene ring substituents is 1. The number of non-ortho nitro benzene ring substituents is 1. The summed E-state index contributed by atoms with van der Waals surface area (Å²) in [6.07, 6.45) is 1.36. The summed E-state index contributed by atoms with van der Waals surface area (Å²) in [5.41, 5.74) is 0.914. The van der Waals surface area contributed by atoms with Crippen molar-refractivity contribution in [1.82, 2.24) is 5.32 Å². The number of nitro groups is 1. The van der Waals surface area contributed by atoms with E-state index < -0.39 is 14.9 Å². The zero-order valence-electron chi connectivity index (χ0n) is 17.2. The van der Waals surface area contributed by atoms with E-state index in [4.69, 9.17) is 16.3 Å². The summed E-state index contributed by atoms with van der Waals surface area (Å²) in [4.78, 5) is 22.4. The number of sulfonamides is 1. The zero-order valence-corrected chi connectivity index (χ0v) is 18.8. The van der Waals surface area contributed by atoms with Gasteiger partial charge in [0.25, 0.3) is 5.69 Å². The summed E-state index contributed by atoms with van der Waals surface area (Å²) in [5, 5.41) is 14.2. The molecule has 9 nitrogen and oxygen atoms in total. The summed E-state index contributed by atoms with van der Waals surface area (Å²) < 4.78 is 30.8. The molecule has 0 atom stereocenters. The maximum atomic E-state index is 12.1. The van der Waals surface area contributed by atoms with Crippen molar-refractivity contribution >= 4 is 38.9 Å². The van der Waals surface area contributed by atoms with E-state index in [1.54, 1.807) is 12.1 Å². The summed E-state index contributed by atoms with van der Waals surface area (Å²) in [6, 6.07) is 10.7. The van der Waals surface area contributed by atoms with E-state index in [-0.39, 0.29) is 49.8 Å². The van der Waals surface area contributed by atoms with Crippen molar-refractivity contribution in [3.05, 3.63) is 63.2 Å². The Kier molecular flexibility index (Phi) is 8.64. The Bertz CT molecular complexity index is 1040. The minimum Gasteiger partial charge on any atom is -0.492 e. The van der Waals surface area contributed by atoms with Crippen LogP contribution in [0, 0.1) is 17.0 Å².